The largest absolute Gasteiger partial charge is 0.469 e. The van der Waals surface area contributed by atoms with Gasteiger partial charge < -0.3 is 19.5 Å². The molecule has 1 fully saturated rings. The molecular formula is C27H32N4O2S. The fourth-order valence-corrected chi connectivity index (χ4v) is 5.23. The van der Waals surface area contributed by atoms with Gasteiger partial charge in [-0.1, -0.05) is 18.2 Å². The molecule has 4 rings (SSSR count). The lowest BCUT2D eigenvalue weighted by Crippen LogP contribution is -2.31. The van der Waals surface area contributed by atoms with Gasteiger partial charge in [0.25, 0.3) is 0 Å². The van der Waals surface area contributed by atoms with Gasteiger partial charge in [0.05, 0.1) is 24.9 Å². The minimum Gasteiger partial charge on any atom is -0.469 e. The van der Waals surface area contributed by atoms with E-state index >= 15 is 0 Å². The molecule has 1 saturated heterocycles. The topological polar surface area (TPSA) is 59.4 Å². The van der Waals surface area contributed by atoms with Crippen molar-refractivity contribution in [2.24, 2.45) is 0 Å². The van der Waals surface area contributed by atoms with Gasteiger partial charge in [0.15, 0.2) is 5.11 Å². The molecular weight excluding hydrogens is 444 g/mol. The van der Waals surface area contributed by atoms with Crippen molar-refractivity contribution < 1.29 is 9.53 Å². The zero-order valence-electron chi connectivity index (χ0n) is 20.5. The third-order valence-electron chi connectivity index (χ3n) is 6.60. The smallest absolute Gasteiger partial charge is 0.305 e. The highest BCUT2D eigenvalue weighted by molar-refractivity contribution is 7.80. The van der Waals surface area contributed by atoms with Gasteiger partial charge in [-0.25, -0.2) is 0 Å². The fraction of sp³-hybridized carbons (Fsp3) is 0.370. The Bertz CT molecular complexity index is 1200. The standard InChI is InChI=1S/C27H32N4O2S/c1-17-11-12-18(2)23(15-17)31-19(3)16-21(20(31)4)26-25(22-9-6-7-13-28-22)29-27(34)30(26)14-8-10-24(32)33-5/h6-7,9,11-13,15-16,25-26H,8,10,14H2,1-5H3,(H,29,34)/t25-,26+/m1/s1. The van der Waals surface area contributed by atoms with Crippen LogP contribution in [0.1, 0.15) is 58.7 Å². The van der Waals surface area contributed by atoms with Crippen LogP contribution in [-0.4, -0.2) is 39.2 Å². The van der Waals surface area contributed by atoms with E-state index in [4.69, 9.17) is 17.0 Å². The number of nitrogens with zero attached hydrogens (tertiary/aromatic N) is 3. The minimum atomic E-state index is -0.205. The summed E-state index contributed by atoms with van der Waals surface area (Å²) < 4.78 is 7.17. The molecule has 3 aromatic rings. The van der Waals surface area contributed by atoms with Crippen LogP contribution in [0.2, 0.25) is 0 Å². The average Bonchev–Trinajstić information content (AvgIpc) is 3.31. The lowest BCUT2D eigenvalue weighted by molar-refractivity contribution is -0.140. The molecule has 0 saturated carbocycles. The number of carbonyl (C=O) groups excluding carboxylic acids is 1. The van der Waals surface area contributed by atoms with Crippen LogP contribution in [0.15, 0.2) is 48.7 Å². The highest BCUT2D eigenvalue weighted by Gasteiger charge is 2.41. The van der Waals surface area contributed by atoms with Crippen LogP contribution in [0.5, 0.6) is 0 Å². The van der Waals surface area contributed by atoms with E-state index in [9.17, 15) is 4.79 Å². The number of methoxy groups -OCH3 is 1. The second kappa shape index (κ2) is 9.97. The summed E-state index contributed by atoms with van der Waals surface area (Å²) >= 11 is 5.78. The Morgan fingerprint density at radius 3 is 2.65 bits per heavy atom. The molecule has 178 valence electrons. The zero-order chi connectivity index (χ0) is 24.4. The summed E-state index contributed by atoms with van der Waals surface area (Å²) in [4.78, 5) is 18.6. The molecule has 0 amide bonds. The van der Waals surface area contributed by atoms with Crippen molar-refractivity contribution in [3.8, 4) is 5.69 Å². The summed E-state index contributed by atoms with van der Waals surface area (Å²) in [5.74, 6) is -0.205. The molecule has 3 heterocycles. The number of benzene rings is 1. The van der Waals surface area contributed by atoms with E-state index in [0.29, 0.717) is 24.5 Å². The van der Waals surface area contributed by atoms with Crippen molar-refractivity contribution in [3.05, 3.63) is 82.4 Å². The normalized spacial score (nSPS) is 17.7. The van der Waals surface area contributed by atoms with Gasteiger partial charge in [-0.05, 0) is 87.3 Å². The van der Waals surface area contributed by atoms with Crippen molar-refractivity contribution in [1.82, 2.24) is 19.8 Å². The van der Waals surface area contributed by atoms with Gasteiger partial charge >= 0.3 is 5.97 Å². The number of hydrogen-bond acceptors (Lipinski definition) is 4. The molecule has 0 aliphatic carbocycles. The predicted molar refractivity (Wildman–Crippen MR) is 138 cm³/mol. The van der Waals surface area contributed by atoms with E-state index in [1.807, 2.05) is 24.4 Å². The van der Waals surface area contributed by atoms with Gasteiger partial charge in [-0.15, -0.1) is 0 Å². The number of nitrogens with one attached hydrogen (secondary N) is 1. The van der Waals surface area contributed by atoms with Crippen LogP contribution in [0, 0.1) is 27.7 Å². The van der Waals surface area contributed by atoms with Gasteiger partial charge in [0, 0.05) is 36.2 Å². The van der Waals surface area contributed by atoms with Crippen molar-refractivity contribution in [1.29, 1.82) is 0 Å². The Kier molecular flexibility index (Phi) is 7.03. The molecule has 0 spiro atoms. The monoisotopic (exact) mass is 476 g/mol. The van der Waals surface area contributed by atoms with Crippen molar-refractivity contribution in [2.75, 3.05) is 13.7 Å². The molecule has 1 aliphatic heterocycles. The zero-order valence-corrected chi connectivity index (χ0v) is 21.3. The fourth-order valence-electron chi connectivity index (χ4n) is 4.90. The summed E-state index contributed by atoms with van der Waals surface area (Å²) in [5, 5.41) is 4.19. The SMILES string of the molecule is COC(=O)CCCN1C(=S)N[C@H](c2ccccn2)[C@@H]1c1cc(C)n(-c2cc(C)ccc2C)c1C. The quantitative estimate of drug-likeness (QED) is 0.381. The Labute approximate surface area is 207 Å². The number of pyridine rings is 1. The summed E-state index contributed by atoms with van der Waals surface area (Å²) in [5.41, 5.74) is 8.17. The second-order valence-electron chi connectivity index (χ2n) is 8.95. The number of esters is 1. The van der Waals surface area contributed by atoms with Crippen molar-refractivity contribution in [3.63, 3.8) is 0 Å². The number of carbonyl (C=O) groups is 1. The Morgan fingerprint density at radius 1 is 1.15 bits per heavy atom. The van der Waals surface area contributed by atoms with E-state index in [1.54, 1.807) is 0 Å². The molecule has 0 unspecified atom stereocenters. The van der Waals surface area contributed by atoms with E-state index in [-0.39, 0.29) is 18.1 Å². The number of aryl methyl sites for hydroxylation is 3. The van der Waals surface area contributed by atoms with Gasteiger partial charge in [0.1, 0.15) is 0 Å². The highest BCUT2D eigenvalue weighted by atomic mass is 32.1. The van der Waals surface area contributed by atoms with Crippen LogP contribution in [0.25, 0.3) is 5.69 Å². The first-order valence-electron chi connectivity index (χ1n) is 11.6. The molecule has 34 heavy (non-hydrogen) atoms. The molecule has 2 aromatic heterocycles. The van der Waals surface area contributed by atoms with E-state index < -0.39 is 0 Å². The van der Waals surface area contributed by atoms with Crippen LogP contribution >= 0.6 is 12.2 Å². The molecule has 1 aromatic carbocycles. The maximum absolute atomic E-state index is 11.7. The molecule has 0 radical (unpaired) electrons. The summed E-state index contributed by atoms with van der Waals surface area (Å²) in [6.45, 7) is 9.25. The van der Waals surface area contributed by atoms with E-state index in [0.717, 1.165) is 5.69 Å². The Hall–Kier alpha value is -3.19. The predicted octanol–water partition coefficient (Wildman–Crippen LogP) is 5.03. The number of aromatic nitrogens is 2. The van der Waals surface area contributed by atoms with Gasteiger partial charge in [-0.2, -0.15) is 0 Å². The maximum atomic E-state index is 11.7. The first kappa shape index (κ1) is 24.0. The number of rotatable bonds is 7. The number of hydrogen-bond donors (Lipinski definition) is 1. The summed E-state index contributed by atoms with van der Waals surface area (Å²) in [6.07, 6.45) is 2.84. The van der Waals surface area contributed by atoms with Crippen molar-refractivity contribution in [2.45, 2.75) is 52.6 Å². The molecule has 0 bridgehead atoms. The third-order valence-corrected chi connectivity index (χ3v) is 6.95. The van der Waals surface area contributed by atoms with Crippen LogP contribution in [-0.2, 0) is 9.53 Å². The van der Waals surface area contributed by atoms with Gasteiger partial charge in [0.2, 0.25) is 0 Å². The minimum absolute atomic E-state index is 0.0369. The van der Waals surface area contributed by atoms with Crippen LogP contribution in [0.3, 0.4) is 0 Å². The Morgan fingerprint density at radius 2 is 1.94 bits per heavy atom. The third kappa shape index (κ3) is 4.57. The molecule has 1 aliphatic rings. The second-order valence-corrected chi connectivity index (χ2v) is 9.34. The molecule has 2 atom stereocenters. The maximum Gasteiger partial charge on any atom is 0.305 e. The molecule has 1 N–H and O–H groups in total. The van der Waals surface area contributed by atoms with E-state index in [1.165, 1.54) is 40.9 Å². The Balaban J connectivity index is 1.78. The van der Waals surface area contributed by atoms with E-state index in [2.05, 4.69) is 71.7 Å². The van der Waals surface area contributed by atoms with Crippen molar-refractivity contribution >= 4 is 23.3 Å². The lowest BCUT2D eigenvalue weighted by Gasteiger charge is -2.28. The molecule has 6 nitrogen and oxygen atoms in total. The lowest BCUT2D eigenvalue weighted by atomic mass is 9.96. The highest BCUT2D eigenvalue weighted by Crippen LogP contribution is 2.41. The van der Waals surface area contributed by atoms with Gasteiger partial charge in [-0.3, -0.25) is 9.78 Å². The number of thiocarbonyl (C=S) groups is 1. The van der Waals surface area contributed by atoms with Crippen LogP contribution < -0.4 is 5.32 Å². The summed E-state index contributed by atoms with van der Waals surface area (Å²) in [7, 11) is 1.42. The molecule has 7 heteroatoms. The average molecular weight is 477 g/mol. The number of ether oxygens (including phenoxy) is 1. The summed E-state index contributed by atoms with van der Waals surface area (Å²) in [6, 6.07) is 14.7. The van der Waals surface area contributed by atoms with Crippen LogP contribution in [0.4, 0.5) is 0 Å². The first-order chi connectivity index (χ1) is 16.3. The first-order valence-corrected chi connectivity index (χ1v) is 12.0.